The fourth-order valence-electron chi connectivity index (χ4n) is 1.78. The first-order valence-electron chi connectivity index (χ1n) is 6.89. The molecule has 0 bridgehead atoms. The standard InChI is InChI=1S/C15H17N3O4S2/c1-18(11-15(19)17-16-10-13-4-3-9-23-13)24(20,21)14-7-5-12(22-2)6-8-14/h3-10H,11H2,1-2H3,(H,17,19)/b16-10-. The number of carbonyl (C=O) groups excluding carboxylic acids is 1. The summed E-state index contributed by atoms with van der Waals surface area (Å²) in [6.07, 6.45) is 1.50. The normalized spacial score (nSPS) is 11.8. The highest BCUT2D eigenvalue weighted by Gasteiger charge is 2.22. The average molecular weight is 367 g/mol. The lowest BCUT2D eigenvalue weighted by atomic mass is 10.3. The molecule has 1 heterocycles. The van der Waals surface area contributed by atoms with Crippen LogP contribution in [0.3, 0.4) is 0 Å². The molecule has 0 aliphatic carbocycles. The molecule has 2 rings (SSSR count). The molecule has 0 saturated heterocycles. The SMILES string of the molecule is COc1ccc(S(=O)(=O)N(C)CC(=O)N/N=C\c2cccs2)cc1. The number of rotatable bonds is 7. The van der Waals surface area contributed by atoms with Gasteiger partial charge in [0.25, 0.3) is 5.91 Å². The number of methoxy groups -OCH3 is 1. The van der Waals surface area contributed by atoms with E-state index in [-0.39, 0.29) is 11.4 Å². The molecular weight excluding hydrogens is 350 g/mol. The summed E-state index contributed by atoms with van der Waals surface area (Å²) in [5.74, 6) is 0.0275. The fourth-order valence-corrected chi connectivity index (χ4v) is 3.49. The first-order valence-corrected chi connectivity index (χ1v) is 9.21. The van der Waals surface area contributed by atoms with E-state index in [1.54, 1.807) is 12.1 Å². The zero-order valence-electron chi connectivity index (χ0n) is 13.2. The van der Waals surface area contributed by atoms with E-state index in [9.17, 15) is 13.2 Å². The van der Waals surface area contributed by atoms with Gasteiger partial charge in [0, 0.05) is 11.9 Å². The highest BCUT2D eigenvalue weighted by Crippen LogP contribution is 2.18. The van der Waals surface area contributed by atoms with Crippen LogP contribution in [0.4, 0.5) is 0 Å². The number of sulfonamides is 1. The van der Waals surface area contributed by atoms with Gasteiger partial charge in [0.2, 0.25) is 10.0 Å². The van der Waals surface area contributed by atoms with Crippen molar-refractivity contribution >= 4 is 33.5 Å². The molecule has 0 atom stereocenters. The molecule has 0 aliphatic rings. The van der Waals surface area contributed by atoms with Gasteiger partial charge in [-0.25, -0.2) is 13.8 Å². The van der Waals surface area contributed by atoms with E-state index in [1.807, 2.05) is 17.5 Å². The van der Waals surface area contributed by atoms with Gasteiger partial charge in [-0.15, -0.1) is 11.3 Å². The molecule has 0 aliphatic heterocycles. The Morgan fingerprint density at radius 1 is 1.33 bits per heavy atom. The van der Waals surface area contributed by atoms with E-state index < -0.39 is 15.9 Å². The number of carbonyl (C=O) groups is 1. The summed E-state index contributed by atoms with van der Waals surface area (Å²) in [6, 6.07) is 9.66. The Labute approximate surface area is 144 Å². The maximum absolute atomic E-state index is 12.4. The predicted molar refractivity (Wildman–Crippen MR) is 92.9 cm³/mol. The van der Waals surface area contributed by atoms with Gasteiger partial charge in [-0.2, -0.15) is 9.41 Å². The second-order valence-electron chi connectivity index (χ2n) is 4.75. The van der Waals surface area contributed by atoms with Crippen LogP contribution < -0.4 is 10.2 Å². The predicted octanol–water partition coefficient (Wildman–Crippen LogP) is 1.53. The highest BCUT2D eigenvalue weighted by atomic mass is 32.2. The van der Waals surface area contributed by atoms with E-state index in [4.69, 9.17) is 4.74 Å². The summed E-state index contributed by atoms with van der Waals surface area (Å²) < 4.78 is 30.7. The molecule has 1 amide bonds. The molecule has 0 radical (unpaired) electrons. The quantitative estimate of drug-likeness (QED) is 0.594. The van der Waals surface area contributed by atoms with E-state index in [0.717, 1.165) is 9.18 Å². The van der Waals surface area contributed by atoms with E-state index in [2.05, 4.69) is 10.5 Å². The zero-order chi connectivity index (χ0) is 17.6. The number of likely N-dealkylation sites (N-methyl/N-ethyl adjacent to an activating group) is 1. The van der Waals surface area contributed by atoms with Gasteiger partial charge >= 0.3 is 0 Å². The van der Waals surface area contributed by atoms with Crippen LogP contribution in [0.15, 0.2) is 51.8 Å². The smallest absolute Gasteiger partial charge is 0.255 e. The Morgan fingerprint density at radius 2 is 2.04 bits per heavy atom. The van der Waals surface area contributed by atoms with Crippen LogP contribution in [-0.4, -0.2) is 45.5 Å². The molecular formula is C15H17N3O4S2. The summed E-state index contributed by atoms with van der Waals surface area (Å²) >= 11 is 1.48. The Morgan fingerprint density at radius 3 is 2.62 bits per heavy atom. The van der Waals surface area contributed by atoms with Crippen molar-refractivity contribution in [2.75, 3.05) is 20.7 Å². The van der Waals surface area contributed by atoms with Crippen LogP contribution in [0.1, 0.15) is 4.88 Å². The number of nitrogens with zero attached hydrogens (tertiary/aromatic N) is 2. The maximum atomic E-state index is 12.4. The lowest BCUT2D eigenvalue weighted by molar-refractivity contribution is -0.121. The topological polar surface area (TPSA) is 88.1 Å². The molecule has 7 nitrogen and oxygen atoms in total. The number of ether oxygens (including phenoxy) is 1. The first kappa shape index (κ1) is 18.1. The molecule has 1 aromatic heterocycles. The second-order valence-corrected chi connectivity index (χ2v) is 7.77. The lowest BCUT2D eigenvalue weighted by Gasteiger charge is -2.16. The van der Waals surface area contributed by atoms with E-state index >= 15 is 0 Å². The van der Waals surface area contributed by atoms with Crippen LogP contribution in [0, 0.1) is 0 Å². The van der Waals surface area contributed by atoms with Crippen LogP contribution >= 0.6 is 11.3 Å². The molecule has 0 unspecified atom stereocenters. The minimum absolute atomic E-state index is 0.0840. The Balaban J connectivity index is 1.96. The number of hydrogen-bond acceptors (Lipinski definition) is 6. The van der Waals surface area contributed by atoms with Crippen molar-refractivity contribution in [1.82, 2.24) is 9.73 Å². The van der Waals surface area contributed by atoms with Crippen molar-refractivity contribution in [3.8, 4) is 5.75 Å². The summed E-state index contributed by atoms with van der Waals surface area (Å²) in [4.78, 5) is 12.8. The fraction of sp³-hybridized carbons (Fsp3) is 0.200. The zero-order valence-corrected chi connectivity index (χ0v) is 14.8. The van der Waals surface area contributed by atoms with Crippen LogP contribution in [0.25, 0.3) is 0 Å². The number of benzene rings is 1. The third-order valence-electron chi connectivity index (χ3n) is 3.06. The highest BCUT2D eigenvalue weighted by molar-refractivity contribution is 7.89. The van der Waals surface area contributed by atoms with Gasteiger partial charge in [-0.05, 0) is 35.7 Å². The van der Waals surface area contributed by atoms with Gasteiger partial charge < -0.3 is 4.74 Å². The number of hydrogen-bond donors (Lipinski definition) is 1. The molecule has 1 aromatic carbocycles. The molecule has 1 N–H and O–H groups in total. The van der Waals surface area contributed by atoms with Crippen LogP contribution in [-0.2, 0) is 14.8 Å². The van der Waals surface area contributed by atoms with Crippen molar-refractivity contribution in [2.24, 2.45) is 5.10 Å². The van der Waals surface area contributed by atoms with Gasteiger partial charge in [0.15, 0.2) is 0 Å². The van der Waals surface area contributed by atoms with E-state index in [0.29, 0.717) is 5.75 Å². The minimum atomic E-state index is -3.76. The third-order valence-corrected chi connectivity index (χ3v) is 5.68. The molecule has 9 heteroatoms. The van der Waals surface area contributed by atoms with Crippen molar-refractivity contribution < 1.29 is 17.9 Å². The number of amides is 1. The molecule has 2 aromatic rings. The van der Waals surface area contributed by atoms with Crippen molar-refractivity contribution in [3.05, 3.63) is 46.7 Å². The van der Waals surface area contributed by atoms with Crippen molar-refractivity contribution in [3.63, 3.8) is 0 Å². The Kier molecular flexibility index (Phi) is 6.07. The molecule has 0 saturated carbocycles. The summed E-state index contributed by atoms with van der Waals surface area (Å²) in [7, 11) is -0.928. The van der Waals surface area contributed by atoms with Crippen molar-refractivity contribution in [2.45, 2.75) is 4.90 Å². The first-order chi connectivity index (χ1) is 11.4. The van der Waals surface area contributed by atoms with Gasteiger partial charge in [-0.3, -0.25) is 4.79 Å². The Hall–Kier alpha value is -2.23. The third kappa shape index (κ3) is 4.63. The number of nitrogens with one attached hydrogen (secondary N) is 1. The monoisotopic (exact) mass is 367 g/mol. The lowest BCUT2D eigenvalue weighted by Crippen LogP contribution is -2.36. The molecule has 128 valence electrons. The number of thiophene rings is 1. The number of hydrazone groups is 1. The maximum Gasteiger partial charge on any atom is 0.255 e. The molecule has 0 spiro atoms. The average Bonchev–Trinajstić information content (AvgIpc) is 3.08. The molecule has 0 fully saturated rings. The summed E-state index contributed by atoms with van der Waals surface area (Å²) in [6.45, 7) is -0.337. The van der Waals surface area contributed by atoms with Gasteiger partial charge in [0.05, 0.1) is 24.8 Å². The second kappa shape index (κ2) is 8.04. The summed E-state index contributed by atoms with van der Waals surface area (Å²) in [5.41, 5.74) is 2.30. The van der Waals surface area contributed by atoms with E-state index in [1.165, 1.54) is 43.8 Å². The Bertz CT molecular complexity index is 800. The van der Waals surface area contributed by atoms with Gasteiger partial charge in [0.1, 0.15) is 5.75 Å². The minimum Gasteiger partial charge on any atom is -0.497 e. The molecule has 24 heavy (non-hydrogen) atoms. The van der Waals surface area contributed by atoms with Crippen LogP contribution in [0.2, 0.25) is 0 Å². The van der Waals surface area contributed by atoms with Gasteiger partial charge in [-0.1, -0.05) is 6.07 Å². The summed E-state index contributed by atoms with van der Waals surface area (Å²) in [5, 5.41) is 5.68. The van der Waals surface area contributed by atoms with Crippen molar-refractivity contribution in [1.29, 1.82) is 0 Å². The van der Waals surface area contributed by atoms with Crippen LogP contribution in [0.5, 0.6) is 5.75 Å². The largest absolute Gasteiger partial charge is 0.497 e.